The fourth-order valence-corrected chi connectivity index (χ4v) is 4.14. The Labute approximate surface area is 207 Å². The Hall–Kier alpha value is -4.48. The molecular weight excluding hydrogens is 460 g/mol. The fraction of sp³-hybridized carbons (Fsp3) is 0.111. The number of ether oxygens (including phenoxy) is 1. The van der Waals surface area contributed by atoms with Crippen molar-refractivity contribution in [2.75, 3.05) is 18.1 Å². The minimum atomic E-state index is -0.642. The van der Waals surface area contributed by atoms with Crippen LogP contribution in [-0.4, -0.2) is 34.8 Å². The molecule has 8 heteroatoms. The SMILES string of the molecule is N#CCCN(C(=O)COC(=O)C=Cc1cn(-c2ccccc2)nc1-c1cccs1)c1ccccc1. The van der Waals surface area contributed by atoms with Gasteiger partial charge >= 0.3 is 5.97 Å². The number of aromatic nitrogens is 2. The van der Waals surface area contributed by atoms with Crippen LogP contribution in [0.25, 0.3) is 22.3 Å². The van der Waals surface area contributed by atoms with Crippen LogP contribution in [0.15, 0.2) is 90.4 Å². The van der Waals surface area contributed by atoms with Crippen LogP contribution in [0, 0.1) is 11.3 Å². The minimum absolute atomic E-state index is 0.172. The molecule has 7 nitrogen and oxygen atoms in total. The first-order chi connectivity index (χ1) is 17.2. The Balaban J connectivity index is 1.46. The topological polar surface area (TPSA) is 88.2 Å². The van der Waals surface area contributed by atoms with E-state index in [1.165, 1.54) is 11.0 Å². The number of thiophene rings is 1. The maximum absolute atomic E-state index is 12.7. The molecule has 0 radical (unpaired) electrons. The average molecular weight is 483 g/mol. The molecular formula is C27H22N4O3S. The first kappa shape index (κ1) is 23.7. The van der Waals surface area contributed by atoms with E-state index < -0.39 is 18.5 Å². The van der Waals surface area contributed by atoms with Gasteiger partial charge in [0, 0.05) is 30.1 Å². The molecule has 0 saturated carbocycles. The largest absolute Gasteiger partial charge is 0.452 e. The summed E-state index contributed by atoms with van der Waals surface area (Å²) in [7, 11) is 0. The number of anilines is 1. The third kappa shape index (κ3) is 6.10. The number of hydrogen-bond donors (Lipinski definition) is 0. The van der Waals surface area contributed by atoms with Gasteiger partial charge < -0.3 is 9.64 Å². The molecule has 0 bridgehead atoms. The monoisotopic (exact) mass is 482 g/mol. The highest BCUT2D eigenvalue weighted by Gasteiger charge is 2.17. The van der Waals surface area contributed by atoms with Crippen LogP contribution >= 0.6 is 11.3 Å². The molecule has 174 valence electrons. The fourth-order valence-electron chi connectivity index (χ4n) is 3.41. The maximum atomic E-state index is 12.7. The summed E-state index contributed by atoms with van der Waals surface area (Å²) < 4.78 is 6.97. The van der Waals surface area contributed by atoms with Gasteiger partial charge in [-0.25, -0.2) is 9.48 Å². The van der Waals surface area contributed by atoms with Crippen LogP contribution in [0.5, 0.6) is 0 Å². The number of esters is 1. The summed E-state index contributed by atoms with van der Waals surface area (Å²) in [5, 5.41) is 15.6. The molecule has 0 aliphatic rings. The van der Waals surface area contributed by atoms with Gasteiger partial charge in [0.15, 0.2) is 6.61 Å². The first-order valence-corrected chi connectivity index (χ1v) is 11.8. The van der Waals surface area contributed by atoms with E-state index in [0.717, 1.165) is 21.8 Å². The highest BCUT2D eigenvalue weighted by molar-refractivity contribution is 7.13. The highest BCUT2D eigenvalue weighted by atomic mass is 32.1. The van der Waals surface area contributed by atoms with Crippen molar-refractivity contribution >= 4 is 35.0 Å². The Bertz CT molecular complexity index is 1340. The minimum Gasteiger partial charge on any atom is -0.452 e. The second-order valence-electron chi connectivity index (χ2n) is 7.42. The summed E-state index contributed by atoms with van der Waals surface area (Å²) in [6.07, 6.45) is 4.95. The Morgan fingerprint density at radius 2 is 1.80 bits per heavy atom. The zero-order valence-corrected chi connectivity index (χ0v) is 19.6. The van der Waals surface area contributed by atoms with Gasteiger partial charge in [-0.1, -0.05) is 42.5 Å². The third-order valence-electron chi connectivity index (χ3n) is 5.07. The standard InChI is InChI=1S/C27H22N4O3S/c28-16-8-17-30(22-9-3-1-4-10-22)25(32)20-34-26(33)15-14-21-19-31(23-11-5-2-6-12-23)29-27(21)24-13-7-18-35-24/h1-7,9-15,18-19H,8,17,20H2. The van der Waals surface area contributed by atoms with Crippen molar-refractivity contribution in [3.8, 4) is 22.3 Å². The van der Waals surface area contributed by atoms with Crippen LogP contribution in [0.3, 0.4) is 0 Å². The molecule has 2 heterocycles. The summed E-state index contributed by atoms with van der Waals surface area (Å²) in [5.74, 6) is -1.04. The summed E-state index contributed by atoms with van der Waals surface area (Å²) >= 11 is 1.56. The van der Waals surface area contributed by atoms with Crippen LogP contribution in [-0.2, 0) is 14.3 Å². The van der Waals surface area contributed by atoms with E-state index in [-0.39, 0.29) is 13.0 Å². The van der Waals surface area contributed by atoms with Gasteiger partial charge in [0.2, 0.25) is 0 Å². The van der Waals surface area contributed by atoms with E-state index in [1.807, 2.05) is 66.2 Å². The molecule has 0 N–H and O–H groups in total. The Kier molecular flexibility index (Phi) is 7.84. The highest BCUT2D eigenvalue weighted by Crippen LogP contribution is 2.28. The lowest BCUT2D eigenvalue weighted by atomic mass is 10.2. The van der Waals surface area contributed by atoms with Crippen LogP contribution in [0.1, 0.15) is 12.0 Å². The maximum Gasteiger partial charge on any atom is 0.331 e. The molecule has 2 aromatic carbocycles. The van der Waals surface area contributed by atoms with Crippen LogP contribution in [0.4, 0.5) is 5.69 Å². The van der Waals surface area contributed by atoms with E-state index in [4.69, 9.17) is 15.1 Å². The lowest BCUT2D eigenvalue weighted by molar-refractivity contribution is -0.142. The molecule has 4 rings (SSSR count). The molecule has 0 atom stereocenters. The number of hydrogen-bond acceptors (Lipinski definition) is 6. The van der Waals surface area contributed by atoms with E-state index >= 15 is 0 Å². The molecule has 0 aliphatic carbocycles. The smallest absolute Gasteiger partial charge is 0.331 e. The third-order valence-corrected chi connectivity index (χ3v) is 5.95. The van der Waals surface area contributed by atoms with Gasteiger partial charge in [-0.3, -0.25) is 4.79 Å². The van der Waals surface area contributed by atoms with Crippen molar-refractivity contribution in [1.82, 2.24) is 9.78 Å². The number of carbonyl (C=O) groups is 2. The Morgan fingerprint density at radius 3 is 2.49 bits per heavy atom. The van der Waals surface area contributed by atoms with Crippen molar-refractivity contribution in [2.24, 2.45) is 0 Å². The zero-order valence-electron chi connectivity index (χ0n) is 18.8. The second kappa shape index (κ2) is 11.6. The van der Waals surface area contributed by atoms with Gasteiger partial charge in [0.1, 0.15) is 5.69 Å². The van der Waals surface area contributed by atoms with Crippen molar-refractivity contribution in [1.29, 1.82) is 5.26 Å². The molecule has 0 spiro atoms. The Morgan fingerprint density at radius 1 is 1.06 bits per heavy atom. The summed E-state index contributed by atoms with van der Waals surface area (Å²) in [6.45, 7) is -0.208. The lowest BCUT2D eigenvalue weighted by Gasteiger charge is -2.21. The summed E-state index contributed by atoms with van der Waals surface area (Å²) in [5.41, 5.74) is 3.04. The van der Waals surface area contributed by atoms with Crippen LogP contribution in [0.2, 0.25) is 0 Å². The predicted octanol–water partition coefficient (Wildman–Crippen LogP) is 5.10. The number of para-hydroxylation sites is 2. The molecule has 1 amide bonds. The van der Waals surface area contributed by atoms with Crippen molar-refractivity contribution < 1.29 is 14.3 Å². The van der Waals surface area contributed by atoms with E-state index in [2.05, 4.69) is 0 Å². The molecule has 35 heavy (non-hydrogen) atoms. The lowest BCUT2D eigenvalue weighted by Crippen LogP contribution is -2.35. The van der Waals surface area contributed by atoms with Gasteiger partial charge in [0.05, 0.1) is 23.1 Å². The molecule has 2 aromatic heterocycles. The predicted molar refractivity (Wildman–Crippen MR) is 136 cm³/mol. The van der Waals surface area contributed by atoms with E-state index in [1.54, 1.807) is 46.4 Å². The number of benzene rings is 2. The van der Waals surface area contributed by atoms with Crippen LogP contribution < -0.4 is 4.90 Å². The molecule has 0 saturated heterocycles. The molecule has 0 fully saturated rings. The second-order valence-corrected chi connectivity index (χ2v) is 8.37. The number of carbonyl (C=O) groups excluding carboxylic acids is 2. The molecule has 4 aromatic rings. The summed E-state index contributed by atoms with van der Waals surface area (Å²) in [6, 6.07) is 24.6. The number of amides is 1. The van der Waals surface area contributed by atoms with E-state index in [9.17, 15) is 9.59 Å². The molecule has 0 unspecified atom stereocenters. The van der Waals surface area contributed by atoms with Crippen molar-refractivity contribution in [3.63, 3.8) is 0 Å². The number of rotatable bonds is 9. The van der Waals surface area contributed by atoms with E-state index in [0.29, 0.717) is 5.69 Å². The average Bonchev–Trinajstić information content (AvgIpc) is 3.58. The normalized spacial score (nSPS) is 10.7. The van der Waals surface area contributed by atoms with Gasteiger partial charge in [-0.2, -0.15) is 10.4 Å². The van der Waals surface area contributed by atoms with Gasteiger partial charge in [-0.05, 0) is 41.8 Å². The number of nitriles is 1. The van der Waals surface area contributed by atoms with Gasteiger partial charge in [0.25, 0.3) is 5.91 Å². The van der Waals surface area contributed by atoms with Gasteiger partial charge in [-0.15, -0.1) is 11.3 Å². The first-order valence-electron chi connectivity index (χ1n) is 10.9. The summed E-state index contributed by atoms with van der Waals surface area (Å²) in [4.78, 5) is 27.5. The van der Waals surface area contributed by atoms with Crippen molar-refractivity contribution in [2.45, 2.75) is 6.42 Å². The van der Waals surface area contributed by atoms with Crippen molar-refractivity contribution in [3.05, 3.63) is 96.0 Å². The zero-order chi connectivity index (χ0) is 24.5. The number of nitrogens with zero attached hydrogens (tertiary/aromatic N) is 4. The molecule has 0 aliphatic heterocycles. The quantitative estimate of drug-likeness (QED) is 0.245.